The Kier molecular flexibility index (Phi) is 4.62. The van der Waals surface area contributed by atoms with Crippen molar-refractivity contribution in [2.45, 2.75) is 44.8 Å². The van der Waals surface area contributed by atoms with Crippen molar-refractivity contribution in [3.63, 3.8) is 0 Å². The van der Waals surface area contributed by atoms with E-state index in [1.165, 1.54) is 0 Å². The molecule has 2 aromatic rings. The van der Waals surface area contributed by atoms with Gasteiger partial charge in [0.1, 0.15) is 17.6 Å². The van der Waals surface area contributed by atoms with Crippen LogP contribution in [0.2, 0.25) is 0 Å². The highest BCUT2D eigenvalue weighted by atomic mass is 16.5. The van der Waals surface area contributed by atoms with Crippen molar-refractivity contribution >= 4 is 11.6 Å². The van der Waals surface area contributed by atoms with Crippen molar-refractivity contribution in [3.8, 4) is 5.75 Å². The lowest BCUT2D eigenvalue weighted by Crippen LogP contribution is -2.34. The molecule has 2 unspecified atom stereocenters. The molecule has 1 aromatic heterocycles. The zero-order chi connectivity index (χ0) is 16.2. The lowest BCUT2D eigenvalue weighted by atomic mass is 9.95. The van der Waals surface area contributed by atoms with E-state index in [2.05, 4.69) is 10.5 Å². The molecule has 3 rings (SSSR count). The van der Waals surface area contributed by atoms with Crippen LogP contribution in [0.5, 0.6) is 5.75 Å². The molecule has 1 aromatic carbocycles. The number of carbonyl (C=O) groups is 1. The number of amides is 1. The zero-order valence-electron chi connectivity index (χ0n) is 13.0. The number of carbonyl (C=O) groups excluding carboxylic acids is 1. The summed E-state index contributed by atoms with van der Waals surface area (Å²) in [7, 11) is 0. The van der Waals surface area contributed by atoms with Crippen LogP contribution in [0.3, 0.4) is 0 Å². The molecular weight excluding hydrogens is 296 g/mol. The number of hydrogen-bond acceptors (Lipinski definition) is 5. The maximum atomic E-state index is 12.0. The Labute approximate surface area is 134 Å². The molecule has 0 spiro atoms. The Bertz CT molecular complexity index is 665. The van der Waals surface area contributed by atoms with Gasteiger partial charge in [0.15, 0.2) is 5.69 Å². The molecule has 1 fully saturated rings. The highest BCUT2D eigenvalue weighted by Gasteiger charge is 2.24. The molecule has 0 radical (unpaired) electrons. The molecule has 23 heavy (non-hydrogen) atoms. The number of ether oxygens (including phenoxy) is 1. The third-order valence-corrected chi connectivity index (χ3v) is 3.93. The van der Waals surface area contributed by atoms with E-state index in [0.717, 1.165) is 25.7 Å². The van der Waals surface area contributed by atoms with Crippen molar-refractivity contribution in [2.75, 3.05) is 5.32 Å². The Morgan fingerprint density at radius 3 is 2.70 bits per heavy atom. The van der Waals surface area contributed by atoms with Crippen LogP contribution in [0.25, 0.3) is 0 Å². The number of nitrogens with zero attached hydrogens (tertiary/aromatic N) is 1. The van der Waals surface area contributed by atoms with Gasteiger partial charge in [0.25, 0.3) is 5.91 Å². The monoisotopic (exact) mass is 316 g/mol. The number of anilines is 1. The molecule has 0 bridgehead atoms. The van der Waals surface area contributed by atoms with Gasteiger partial charge < -0.3 is 19.7 Å². The second-order valence-corrected chi connectivity index (χ2v) is 5.81. The van der Waals surface area contributed by atoms with Gasteiger partial charge in [-0.3, -0.25) is 4.79 Å². The summed E-state index contributed by atoms with van der Waals surface area (Å²) in [6.45, 7) is 1.73. The predicted molar refractivity (Wildman–Crippen MR) is 84.5 cm³/mol. The molecular formula is C17H20N2O4. The minimum absolute atomic E-state index is 0.151. The van der Waals surface area contributed by atoms with Crippen LogP contribution >= 0.6 is 0 Å². The van der Waals surface area contributed by atoms with Crippen LogP contribution < -0.4 is 10.1 Å². The van der Waals surface area contributed by atoms with Crippen LogP contribution in [-0.2, 0) is 0 Å². The third kappa shape index (κ3) is 3.90. The summed E-state index contributed by atoms with van der Waals surface area (Å²) < 4.78 is 10.7. The fourth-order valence-corrected chi connectivity index (χ4v) is 2.67. The van der Waals surface area contributed by atoms with Gasteiger partial charge in [-0.15, -0.1) is 0 Å². The summed E-state index contributed by atoms with van der Waals surface area (Å²) in [6, 6.07) is 8.66. The van der Waals surface area contributed by atoms with Crippen molar-refractivity contribution in [2.24, 2.45) is 0 Å². The van der Waals surface area contributed by atoms with Crippen LogP contribution in [0, 0.1) is 6.92 Å². The van der Waals surface area contributed by atoms with E-state index in [-0.39, 0.29) is 17.7 Å². The summed E-state index contributed by atoms with van der Waals surface area (Å²) in [5.74, 6) is 0.953. The van der Waals surface area contributed by atoms with Crippen molar-refractivity contribution in [1.82, 2.24) is 5.16 Å². The quantitative estimate of drug-likeness (QED) is 0.906. The molecule has 1 aliphatic rings. The molecule has 2 N–H and O–H groups in total. The van der Waals surface area contributed by atoms with Gasteiger partial charge in [-0.1, -0.05) is 11.6 Å². The number of aliphatic hydroxyl groups is 1. The Morgan fingerprint density at radius 2 is 2.04 bits per heavy atom. The zero-order valence-corrected chi connectivity index (χ0v) is 13.0. The number of benzene rings is 1. The minimum Gasteiger partial charge on any atom is -0.488 e. The largest absolute Gasteiger partial charge is 0.488 e. The number of aryl methyl sites for hydroxylation is 1. The smallest absolute Gasteiger partial charge is 0.277 e. The molecule has 1 heterocycles. The van der Waals surface area contributed by atoms with Gasteiger partial charge in [-0.2, -0.15) is 0 Å². The second kappa shape index (κ2) is 6.83. The minimum atomic E-state index is -0.404. The van der Waals surface area contributed by atoms with Crippen molar-refractivity contribution < 1.29 is 19.2 Å². The van der Waals surface area contributed by atoms with Crippen LogP contribution in [-0.4, -0.2) is 28.4 Å². The van der Waals surface area contributed by atoms with E-state index in [1.807, 2.05) is 0 Å². The first kappa shape index (κ1) is 15.6. The molecule has 1 aliphatic carbocycles. The molecule has 122 valence electrons. The number of rotatable bonds is 4. The molecule has 6 heteroatoms. The topological polar surface area (TPSA) is 84.6 Å². The highest BCUT2D eigenvalue weighted by Crippen LogP contribution is 2.25. The average molecular weight is 316 g/mol. The summed E-state index contributed by atoms with van der Waals surface area (Å²) >= 11 is 0. The maximum absolute atomic E-state index is 12.0. The van der Waals surface area contributed by atoms with E-state index in [4.69, 9.17) is 9.26 Å². The molecule has 1 saturated carbocycles. The summed E-state index contributed by atoms with van der Waals surface area (Å²) in [5, 5.41) is 16.4. The van der Waals surface area contributed by atoms with Gasteiger partial charge in [0.2, 0.25) is 0 Å². The van der Waals surface area contributed by atoms with Crippen molar-refractivity contribution in [1.29, 1.82) is 0 Å². The molecule has 1 amide bonds. The maximum Gasteiger partial charge on any atom is 0.277 e. The second-order valence-electron chi connectivity index (χ2n) is 5.81. The molecule has 0 saturated heterocycles. The summed E-state index contributed by atoms with van der Waals surface area (Å²) in [5.41, 5.74) is 0.889. The van der Waals surface area contributed by atoms with E-state index >= 15 is 0 Å². The van der Waals surface area contributed by atoms with E-state index in [0.29, 0.717) is 17.2 Å². The molecule has 0 aliphatic heterocycles. The first-order valence-electron chi connectivity index (χ1n) is 7.81. The lowest BCUT2D eigenvalue weighted by molar-refractivity contribution is 0.00688. The summed E-state index contributed by atoms with van der Waals surface area (Å²) in [4.78, 5) is 12.0. The fraction of sp³-hybridized carbons (Fsp3) is 0.412. The van der Waals surface area contributed by atoms with Crippen LogP contribution in [0.1, 0.15) is 41.9 Å². The SMILES string of the molecule is Cc1cc(C(=O)Nc2ccc(OC3CCCCC3O)cc2)no1. The highest BCUT2D eigenvalue weighted by molar-refractivity contribution is 6.02. The third-order valence-electron chi connectivity index (χ3n) is 3.93. The van der Waals surface area contributed by atoms with Crippen LogP contribution in [0.15, 0.2) is 34.9 Å². The van der Waals surface area contributed by atoms with Gasteiger partial charge in [-0.25, -0.2) is 0 Å². The lowest BCUT2D eigenvalue weighted by Gasteiger charge is -2.28. The van der Waals surface area contributed by atoms with Crippen molar-refractivity contribution in [3.05, 3.63) is 41.8 Å². The Balaban J connectivity index is 1.59. The molecule has 6 nitrogen and oxygen atoms in total. The number of hydrogen-bond donors (Lipinski definition) is 2. The van der Waals surface area contributed by atoms with Gasteiger partial charge in [0, 0.05) is 11.8 Å². The molecule has 2 atom stereocenters. The first-order valence-corrected chi connectivity index (χ1v) is 7.81. The predicted octanol–water partition coefficient (Wildman–Crippen LogP) is 2.92. The normalized spacial score (nSPS) is 21.0. The standard InChI is InChI=1S/C17H20N2O4/c1-11-10-14(19-23-11)17(21)18-12-6-8-13(9-7-12)22-16-5-3-2-4-15(16)20/h6-10,15-16,20H,2-5H2,1H3,(H,18,21). The van der Waals surface area contributed by atoms with Gasteiger partial charge in [0.05, 0.1) is 6.10 Å². The first-order chi connectivity index (χ1) is 11.1. The van der Waals surface area contributed by atoms with E-state index in [9.17, 15) is 9.90 Å². The van der Waals surface area contributed by atoms with Crippen LogP contribution in [0.4, 0.5) is 5.69 Å². The van der Waals surface area contributed by atoms with E-state index in [1.54, 1.807) is 37.3 Å². The average Bonchev–Trinajstić information content (AvgIpc) is 2.98. The van der Waals surface area contributed by atoms with Gasteiger partial charge >= 0.3 is 0 Å². The number of aromatic nitrogens is 1. The number of aliphatic hydroxyl groups excluding tert-OH is 1. The number of nitrogens with one attached hydrogen (secondary N) is 1. The summed E-state index contributed by atoms with van der Waals surface area (Å²) in [6.07, 6.45) is 3.22. The fourth-order valence-electron chi connectivity index (χ4n) is 2.67. The van der Waals surface area contributed by atoms with Gasteiger partial charge in [-0.05, 0) is 50.5 Å². The van der Waals surface area contributed by atoms with E-state index < -0.39 is 6.10 Å². The Morgan fingerprint density at radius 1 is 1.30 bits per heavy atom. The Hall–Kier alpha value is -2.34.